The molecule has 0 spiro atoms. The van der Waals surface area contributed by atoms with Crippen LogP contribution in [0.2, 0.25) is 0 Å². The minimum Gasteiger partial charge on any atom is -0.366 e. The lowest BCUT2D eigenvalue weighted by atomic mass is 9.99. The zero-order valence-electron chi connectivity index (χ0n) is 16.0. The average Bonchev–Trinajstić information content (AvgIpc) is 3.14. The van der Waals surface area contributed by atoms with Gasteiger partial charge in [0.05, 0.1) is 4.92 Å². The molecule has 1 aromatic rings. The lowest BCUT2D eigenvalue weighted by Crippen LogP contribution is -2.52. The number of carbonyl (C=O) groups excluding carboxylic acids is 1. The average molecular weight is 372 g/mol. The Labute approximate surface area is 160 Å². The smallest absolute Gasteiger partial charge is 0.293 e. The Morgan fingerprint density at radius 2 is 1.93 bits per heavy atom. The number of piperazine rings is 1. The number of rotatable bonds is 3. The lowest BCUT2D eigenvalue weighted by Gasteiger charge is -2.37. The van der Waals surface area contributed by atoms with Gasteiger partial charge in [-0.25, -0.2) is 0 Å². The van der Waals surface area contributed by atoms with Crippen molar-refractivity contribution in [2.45, 2.75) is 38.6 Å². The first-order valence-corrected chi connectivity index (χ1v) is 10.1. The van der Waals surface area contributed by atoms with Crippen LogP contribution in [0.25, 0.3) is 0 Å². The van der Waals surface area contributed by atoms with E-state index in [1.54, 1.807) is 12.1 Å². The Hall–Kier alpha value is -2.15. The molecule has 3 saturated heterocycles. The van der Waals surface area contributed by atoms with Crippen LogP contribution >= 0.6 is 0 Å². The minimum atomic E-state index is -0.347. The molecular weight excluding hydrogens is 344 g/mol. The van der Waals surface area contributed by atoms with Crippen LogP contribution in [-0.2, 0) is 0 Å². The van der Waals surface area contributed by atoms with Gasteiger partial charge >= 0.3 is 0 Å². The highest BCUT2D eigenvalue weighted by atomic mass is 16.6. The summed E-state index contributed by atoms with van der Waals surface area (Å²) in [5, 5.41) is 11.7. The number of nitro benzene ring substituents is 1. The maximum Gasteiger partial charge on any atom is 0.293 e. The Bertz CT molecular complexity index is 738. The second-order valence-corrected chi connectivity index (χ2v) is 8.24. The molecule has 7 heteroatoms. The lowest BCUT2D eigenvalue weighted by molar-refractivity contribution is -0.384. The zero-order valence-corrected chi connectivity index (χ0v) is 16.0. The highest BCUT2D eigenvalue weighted by Gasteiger charge is 2.33. The molecule has 3 heterocycles. The normalized spacial score (nSPS) is 26.1. The number of fused-ring (bicyclic) bond motifs is 1. The van der Waals surface area contributed by atoms with Crippen LogP contribution < -0.4 is 4.90 Å². The van der Waals surface area contributed by atoms with E-state index >= 15 is 0 Å². The molecule has 0 aliphatic carbocycles. The number of anilines is 1. The van der Waals surface area contributed by atoms with Gasteiger partial charge in [-0.2, -0.15) is 0 Å². The Morgan fingerprint density at radius 3 is 2.70 bits per heavy atom. The molecule has 0 N–H and O–H groups in total. The van der Waals surface area contributed by atoms with Crippen LogP contribution in [0.3, 0.4) is 0 Å². The summed E-state index contributed by atoms with van der Waals surface area (Å²) in [5.41, 5.74) is 1.13. The molecule has 4 rings (SSSR count). The molecule has 27 heavy (non-hydrogen) atoms. The van der Waals surface area contributed by atoms with E-state index < -0.39 is 0 Å². The molecule has 3 fully saturated rings. The molecular formula is C20H28N4O3. The predicted octanol–water partition coefficient (Wildman–Crippen LogP) is 2.75. The maximum absolute atomic E-state index is 13.0. The second-order valence-electron chi connectivity index (χ2n) is 8.24. The molecule has 7 nitrogen and oxygen atoms in total. The van der Waals surface area contributed by atoms with Gasteiger partial charge in [-0.3, -0.25) is 19.8 Å². The fraction of sp³-hybridized carbons (Fsp3) is 0.650. The fourth-order valence-corrected chi connectivity index (χ4v) is 4.84. The van der Waals surface area contributed by atoms with Crippen molar-refractivity contribution in [3.8, 4) is 0 Å². The third-order valence-electron chi connectivity index (χ3n) is 6.29. The number of nitrogens with zero attached hydrogens (tertiary/aromatic N) is 4. The van der Waals surface area contributed by atoms with Crippen molar-refractivity contribution in [1.82, 2.24) is 9.80 Å². The van der Waals surface area contributed by atoms with Gasteiger partial charge in [-0.15, -0.1) is 0 Å². The van der Waals surface area contributed by atoms with E-state index in [0.29, 0.717) is 29.8 Å². The first kappa shape index (κ1) is 18.2. The predicted molar refractivity (Wildman–Crippen MR) is 104 cm³/mol. The highest BCUT2D eigenvalue weighted by molar-refractivity contribution is 5.96. The Morgan fingerprint density at radius 1 is 1.11 bits per heavy atom. The summed E-state index contributed by atoms with van der Waals surface area (Å²) in [6.45, 7) is 7.31. The van der Waals surface area contributed by atoms with E-state index in [2.05, 4.69) is 16.7 Å². The first-order valence-electron chi connectivity index (χ1n) is 10.1. The number of hydrogen-bond donors (Lipinski definition) is 0. The quantitative estimate of drug-likeness (QED) is 0.603. The van der Waals surface area contributed by atoms with Gasteiger partial charge in [0, 0.05) is 50.4 Å². The summed E-state index contributed by atoms with van der Waals surface area (Å²) in [6.07, 6.45) is 4.54. The van der Waals surface area contributed by atoms with E-state index in [1.807, 2.05) is 4.90 Å². The minimum absolute atomic E-state index is 0.0504. The van der Waals surface area contributed by atoms with Crippen LogP contribution in [-0.4, -0.2) is 65.9 Å². The third kappa shape index (κ3) is 3.65. The zero-order chi connectivity index (χ0) is 19.0. The van der Waals surface area contributed by atoms with E-state index in [9.17, 15) is 14.9 Å². The highest BCUT2D eigenvalue weighted by Crippen LogP contribution is 2.33. The van der Waals surface area contributed by atoms with Crippen molar-refractivity contribution in [2.75, 3.05) is 44.2 Å². The molecule has 2 atom stereocenters. The van der Waals surface area contributed by atoms with Crippen molar-refractivity contribution >= 4 is 17.3 Å². The van der Waals surface area contributed by atoms with Crippen LogP contribution in [0.4, 0.5) is 11.4 Å². The van der Waals surface area contributed by atoms with Gasteiger partial charge < -0.3 is 9.80 Å². The topological polar surface area (TPSA) is 69.9 Å². The van der Waals surface area contributed by atoms with E-state index in [1.165, 1.54) is 12.5 Å². The summed E-state index contributed by atoms with van der Waals surface area (Å²) in [5.74, 6) is 0.450. The van der Waals surface area contributed by atoms with E-state index in [0.717, 1.165) is 52.0 Å². The van der Waals surface area contributed by atoms with Crippen molar-refractivity contribution in [2.24, 2.45) is 5.92 Å². The molecule has 146 valence electrons. The number of amides is 1. The van der Waals surface area contributed by atoms with Gasteiger partial charge in [0.1, 0.15) is 5.69 Å². The molecule has 3 aliphatic heterocycles. The van der Waals surface area contributed by atoms with Crippen molar-refractivity contribution in [3.63, 3.8) is 0 Å². The van der Waals surface area contributed by atoms with Gasteiger partial charge in [-0.1, -0.05) is 6.92 Å². The van der Waals surface area contributed by atoms with Gasteiger partial charge in [-0.05, 0) is 50.3 Å². The van der Waals surface area contributed by atoms with Crippen LogP contribution in [0.5, 0.6) is 0 Å². The number of nitro groups is 1. The van der Waals surface area contributed by atoms with Gasteiger partial charge in [0.25, 0.3) is 11.6 Å². The van der Waals surface area contributed by atoms with Crippen molar-refractivity contribution in [3.05, 3.63) is 33.9 Å². The van der Waals surface area contributed by atoms with E-state index in [-0.39, 0.29) is 16.5 Å². The van der Waals surface area contributed by atoms with Crippen molar-refractivity contribution in [1.29, 1.82) is 0 Å². The summed E-state index contributed by atoms with van der Waals surface area (Å²) < 4.78 is 0. The SMILES string of the molecule is CC1CCCN(c2ccc(C(=O)N3CCN4CCCC4C3)cc2[N+](=O)[O-])C1. The number of piperidine rings is 1. The molecule has 1 aromatic carbocycles. The number of hydrogen-bond acceptors (Lipinski definition) is 5. The Balaban J connectivity index is 1.55. The van der Waals surface area contributed by atoms with Gasteiger partial charge in [0.2, 0.25) is 0 Å². The largest absolute Gasteiger partial charge is 0.366 e. The monoisotopic (exact) mass is 372 g/mol. The van der Waals surface area contributed by atoms with E-state index in [4.69, 9.17) is 0 Å². The second kappa shape index (κ2) is 7.46. The Kier molecular flexibility index (Phi) is 5.04. The summed E-state index contributed by atoms with van der Waals surface area (Å²) in [4.78, 5) is 30.7. The third-order valence-corrected chi connectivity index (χ3v) is 6.29. The maximum atomic E-state index is 13.0. The standard InChI is InChI=1S/C20H28N4O3/c1-15-4-2-9-22(13-15)18-7-6-16(12-19(18)24(26)27)20(25)23-11-10-21-8-3-5-17(21)14-23/h6-7,12,15,17H,2-5,8-11,13-14H2,1H3. The molecule has 2 unspecified atom stereocenters. The molecule has 0 radical (unpaired) electrons. The molecule has 0 bridgehead atoms. The van der Waals surface area contributed by atoms with Crippen LogP contribution in [0, 0.1) is 16.0 Å². The summed E-state index contributed by atoms with van der Waals surface area (Å²) >= 11 is 0. The molecule has 0 saturated carbocycles. The molecule has 3 aliphatic rings. The summed E-state index contributed by atoms with van der Waals surface area (Å²) in [6, 6.07) is 5.48. The number of carbonyl (C=O) groups is 1. The fourth-order valence-electron chi connectivity index (χ4n) is 4.84. The molecule has 1 amide bonds. The van der Waals surface area contributed by atoms with Crippen LogP contribution in [0.15, 0.2) is 18.2 Å². The first-order chi connectivity index (χ1) is 13.0. The van der Waals surface area contributed by atoms with Crippen LogP contribution in [0.1, 0.15) is 43.0 Å². The van der Waals surface area contributed by atoms with Crippen molar-refractivity contribution < 1.29 is 9.72 Å². The molecule has 0 aromatic heterocycles. The van der Waals surface area contributed by atoms with Gasteiger partial charge in [0.15, 0.2) is 0 Å². The summed E-state index contributed by atoms with van der Waals surface area (Å²) in [7, 11) is 0. The number of benzene rings is 1.